The number of esters is 2. The topological polar surface area (TPSA) is 80.3 Å². The Morgan fingerprint density at radius 1 is 0.821 bits per heavy atom. The largest absolute Gasteiger partial charge is 0.458 e. The minimum Gasteiger partial charge on any atom is -0.458 e. The number of carbonyl (C=O) groups is 2. The lowest BCUT2D eigenvalue weighted by Gasteiger charge is -2.64. The van der Waals surface area contributed by atoms with Gasteiger partial charge in [0.2, 0.25) is 0 Å². The highest BCUT2D eigenvalue weighted by Gasteiger charge is 2.71. The summed E-state index contributed by atoms with van der Waals surface area (Å²) in [6, 6.07) is 0. The summed E-state index contributed by atoms with van der Waals surface area (Å²) >= 11 is 0. The monoisotopic (exact) mass is 564 g/mol. The molecule has 0 N–H and O–H groups in total. The van der Waals surface area contributed by atoms with Crippen molar-refractivity contribution in [3.8, 4) is 0 Å². The van der Waals surface area contributed by atoms with Crippen molar-refractivity contribution in [3.05, 3.63) is 0 Å². The van der Waals surface area contributed by atoms with Crippen LogP contribution in [0.15, 0.2) is 0 Å². The van der Waals surface area contributed by atoms with Gasteiger partial charge in [0.1, 0.15) is 12.2 Å². The molecule has 1 heterocycles. The molecule has 222 valence electrons. The summed E-state index contributed by atoms with van der Waals surface area (Å²) in [5.41, 5.74) is -0.182. The molecular formula is C31H52O7Si. The quantitative estimate of drug-likeness (QED) is 0.295. The van der Waals surface area contributed by atoms with Crippen molar-refractivity contribution in [2.45, 2.75) is 136 Å². The Hall–Kier alpha value is -0.963. The third-order valence-electron chi connectivity index (χ3n) is 12.3. The summed E-state index contributed by atoms with van der Waals surface area (Å²) in [7, 11) is -1.97. The third-order valence-corrected chi connectivity index (χ3v) is 16.9. The van der Waals surface area contributed by atoms with Crippen LogP contribution in [0.4, 0.5) is 0 Å². The highest BCUT2D eigenvalue weighted by Crippen LogP contribution is 2.70. The first-order valence-electron chi connectivity index (χ1n) is 15.3. The molecule has 8 heteroatoms. The van der Waals surface area contributed by atoms with E-state index >= 15 is 0 Å². The van der Waals surface area contributed by atoms with Crippen molar-refractivity contribution in [2.24, 2.45) is 34.5 Å². The van der Waals surface area contributed by atoms with E-state index in [2.05, 4.69) is 47.7 Å². The summed E-state index contributed by atoms with van der Waals surface area (Å²) in [5, 5.41) is 0.123. The maximum Gasteiger partial charge on any atom is 0.303 e. The van der Waals surface area contributed by atoms with Crippen LogP contribution in [0.25, 0.3) is 0 Å². The van der Waals surface area contributed by atoms with E-state index in [4.69, 9.17) is 23.4 Å². The first-order valence-corrected chi connectivity index (χ1v) is 18.3. The van der Waals surface area contributed by atoms with Crippen LogP contribution >= 0.6 is 0 Å². The molecule has 9 atom stereocenters. The lowest BCUT2D eigenvalue weighted by molar-refractivity contribution is -0.273. The average Bonchev–Trinajstić information content (AvgIpc) is 3.41. The van der Waals surface area contributed by atoms with Crippen LogP contribution in [0.1, 0.15) is 93.4 Å². The lowest BCUT2D eigenvalue weighted by atomic mass is 9.43. The second-order valence-electron chi connectivity index (χ2n) is 15.3. The van der Waals surface area contributed by atoms with Crippen LogP contribution in [-0.4, -0.2) is 57.6 Å². The first kappa shape index (κ1) is 29.5. The lowest BCUT2D eigenvalue weighted by Crippen LogP contribution is -2.67. The summed E-state index contributed by atoms with van der Waals surface area (Å²) in [4.78, 5) is 25.2. The Morgan fingerprint density at radius 2 is 1.41 bits per heavy atom. The molecule has 5 aliphatic rings. The Morgan fingerprint density at radius 3 is 2.00 bits per heavy atom. The van der Waals surface area contributed by atoms with Gasteiger partial charge in [-0.1, -0.05) is 34.6 Å². The van der Waals surface area contributed by atoms with Gasteiger partial charge in [-0.3, -0.25) is 9.59 Å². The molecule has 4 aliphatic carbocycles. The van der Waals surface area contributed by atoms with E-state index in [1.807, 2.05) is 0 Å². The summed E-state index contributed by atoms with van der Waals surface area (Å²) in [6.07, 6.45) is 5.98. The smallest absolute Gasteiger partial charge is 0.303 e. The molecule has 0 aromatic rings. The molecule has 5 fully saturated rings. The van der Waals surface area contributed by atoms with Gasteiger partial charge in [0, 0.05) is 43.6 Å². The molecule has 4 unspecified atom stereocenters. The molecular weight excluding hydrogens is 512 g/mol. The molecule has 1 aliphatic heterocycles. The molecule has 0 aromatic carbocycles. The molecule has 0 amide bonds. The van der Waals surface area contributed by atoms with E-state index in [0.29, 0.717) is 19.1 Å². The number of carbonyl (C=O) groups excluding carboxylic acids is 2. The maximum atomic E-state index is 12.6. The normalized spacial score (nSPS) is 43.4. The average molecular weight is 565 g/mol. The summed E-state index contributed by atoms with van der Waals surface area (Å²) < 4.78 is 32.1. The van der Waals surface area contributed by atoms with Crippen molar-refractivity contribution >= 4 is 20.3 Å². The Kier molecular flexibility index (Phi) is 7.42. The van der Waals surface area contributed by atoms with Crippen LogP contribution in [0.5, 0.6) is 0 Å². The molecule has 4 saturated carbocycles. The predicted molar refractivity (Wildman–Crippen MR) is 150 cm³/mol. The van der Waals surface area contributed by atoms with E-state index in [1.54, 1.807) is 0 Å². The van der Waals surface area contributed by atoms with Crippen molar-refractivity contribution in [2.75, 3.05) is 13.2 Å². The zero-order chi connectivity index (χ0) is 28.6. The van der Waals surface area contributed by atoms with Crippen molar-refractivity contribution in [3.63, 3.8) is 0 Å². The molecule has 39 heavy (non-hydrogen) atoms. The maximum absolute atomic E-state index is 12.6. The van der Waals surface area contributed by atoms with Crippen molar-refractivity contribution in [1.82, 2.24) is 0 Å². The Labute approximate surface area is 236 Å². The minimum atomic E-state index is -1.97. The molecule has 5 rings (SSSR count). The number of hydrogen-bond acceptors (Lipinski definition) is 7. The molecule has 0 radical (unpaired) electrons. The van der Waals surface area contributed by atoms with Crippen LogP contribution in [0.2, 0.25) is 18.1 Å². The second-order valence-corrected chi connectivity index (χ2v) is 20.0. The van der Waals surface area contributed by atoms with E-state index in [0.717, 1.165) is 44.9 Å². The molecule has 1 saturated heterocycles. The Bertz CT molecular complexity index is 968. The molecule has 0 bridgehead atoms. The van der Waals surface area contributed by atoms with Gasteiger partial charge in [-0.25, -0.2) is 0 Å². The fourth-order valence-corrected chi connectivity index (χ4v) is 10.8. The van der Waals surface area contributed by atoms with Gasteiger partial charge in [-0.2, -0.15) is 0 Å². The Balaban J connectivity index is 1.53. The highest BCUT2D eigenvalue weighted by atomic mass is 28.4. The number of ether oxygens (including phenoxy) is 4. The highest BCUT2D eigenvalue weighted by molar-refractivity contribution is 6.74. The standard InChI is InChI=1S/C31H52O7Si/c1-19(32)36-26-24-18-21(38-39(8,9)28(3,4)5)10-13-29(24,6)22-11-14-30(7)23(25(22)27(26)37-20(2)33)12-15-31(30)34-16-17-35-31/h21-27H,10-18H2,1-9H3/t21-,22?,23?,24?,25?,26+,27+,29+,30-/m0/s1. The minimum absolute atomic E-state index is 0.0246. The van der Waals surface area contributed by atoms with Gasteiger partial charge >= 0.3 is 11.9 Å². The molecule has 7 nitrogen and oxygen atoms in total. The predicted octanol–water partition coefficient (Wildman–Crippen LogP) is 6.25. The van der Waals surface area contributed by atoms with Crippen LogP contribution in [-0.2, 0) is 33.0 Å². The van der Waals surface area contributed by atoms with Crippen molar-refractivity contribution < 1.29 is 33.0 Å². The van der Waals surface area contributed by atoms with Gasteiger partial charge in [-0.05, 0) is 73.9 Å². The number of hydrogen-bond donors (Lipinski definition) is 0. The fraction of sp³-hybridized carbons (Fsp3) is 0.935. The third kappa shape index (κ3) is 4.64. The van der Waals surface area contributed by atoms with Crippen LogP contribution in [0.3, 0.4) is 0 Å². The van der Waals surface area contributed by atoms with E-state index in [1.165, 1.54) is 13.8 Å². The van der Waals surface area contributed by atoms with Crippen LogP contribution < -0.4 is 0 Å². The van der Waals surface area contributed by atoms with Gasteiger partial charge in [0.05, 0.1) is 13.2 Å². The SMILES string of the molecule is CC(=O)O[C@@H]1C2C(CC[C@@]3(C)C2CCC32OCCO2)[C@@]2(C)CC[C@H](O[Si](C)(C)C(C)(C)C)CC2[C@H]1OC(C)=O. The number of fused-ring (bicyclic) bond motifs is 6. The summed E-state index contributed by atoms with van der Waals surface area (Å²) in [6.45, 7) is 20.5. The van der Waals surface area contributed by atoms with Gasteiger partial charge < -0.3 is 23.4 Å². The summed E-state index contributed by atoms with van der Waals surface area (Å²) in [5.74, 6) is -0.338. The fourth-order valence-electron chi connectivity index (χ4n) is 9.43. The van der Waals surface area contributed by atoms with E-state index in [9.17, 15) is 9.59 Å². The zero-order valence-corrected chi connectivity index (χ0v) is 26.8. The van der Waals surface area contributed by atoms with Gasteiger partial charge in [0.15, 0.2) is 14.1 Å². The van der Waals surface area contributed by atoms with Gasteiger partial charge in [-0.15, -0.1) is 0 Å². The molecule has 1 spiro atoms. The van der Waals surface area contributed by atoms with Crippen LogP contribution in [0, 0.1) is 34.5 Å². The zero-order valence-electron chi connectivity index (χ0n) is 25.8. The number of rotatable bonds is 4. The van der Waals surface area contributed by atoms with Crippen molar-refractivity contribution in [1.29, 1.82) is 0 Å². The van der Waals surface area contributed by atoms with Gasteiger partial charge in [0.25, 0.3) is 0 Å². The van der Waals surface area contributed by atoms with E-state index in [-0.39, 0.29) is 51.7 Å². The second kappa shape index (κ2) is 9.81. The molecule has 0 aromatic heterocycles. The first-order chi connectivity index (χ1) is 18.0. The van der Waals surface area contributed by atoms with E-state index < -0.39 is 26.3 Å².